The number of hydrogen-bond acceptors (Lipinski definition) is 3. The normalized spacial score (nSPS) is 10.5. The first kappa shape index (κ1) is 19.1. The maximum Gasteiger partial charge on any atom is 0.573 e. The minimum Gasteiger partial charge on any atom is -0.405 e. The number of amides is 1. The smallest absolute Gasteiger partial charge is 0.405 e. The van der Waals surface area contributed by atoms with Crippen LogP contribution < -0.4 is 10.1 Å². The number of nitrogens with one attached hydrogen (secondary N) is 1. The molecule has 0 radical (unpaired) electrons. The summed E-state index contributed by atoms with van der Waals surface area (Å²) >= 11 is 0. The van der Waals surface area contributed by atoms with E-state index in [0.717, 1.165) is 13.0 Å². The number of halogens is 3. The Bertz CT molecular complexity index is 891. The van der Waals surface area contributed by atoms with Crippen molar-refractivity contribution in [2.24, 2.45) is 0 Å². The second-order valence-corrected chi connectivity index (χ2v) is 5.22. The Balaban J connectivity index is 2.28. The lowest BCUT2D eigenvalue weighted by atomic mass is 10.1. The van der Waals surface area contributed by atoms with Gasteiger partial charge in [0.1, 0.15) is 5.75 Å². The second kappa shape index (κ2) is 7.74. The molecule has 0 aliphatic heterocycles. The zero-order chi connectivity index (χ0) is 19.3. The van der Waals surface area contributed by atoms with Gasteiger partial charge in [-0.15, -0.1) is 13.2 Å². The van der Waals surface area contributed by atoms with Crippen molar-refractivity contribution in [2.75, 3.05) is 7.05 Å². The summed E-state index contributed by atoms with van der Waals surface area (Å²) < 4.78 is 41.0. The van der Waals surface area contributed by atoms with Gasteiger partial charge < -0.3 is 10.1 Å². The van der Waals surface area contributed by atoms with Crippen molar-refractivity contribution in [3.8, 4) is 17.6 Å². The van der Waals surface area contributed by atoms with Gasteiger partial charge in [-0.1, -0.05) is 11.8 Å². The van der Waals surface area contributed by atoms with Crippen LogP contribution in [-0.4, -0.2) is 25.1 Å². The van der Waals surface area contributed by atoms with Crippen LogP contribution in [0.25, 0.3) is 0 Å². The molecule has 4 nitrogen and oxygen atoms in total. The lowest BCUT2D eigenvalue weighted by molar-refractivity contribution is -0.274. The van der Waals surface area contributed by atoms with E-state index >= 15 is 0 Å². The lowest BCUT2D eigenvalue weighted by Gasteiger charge is -2.11. The summed E-state index contributed by atoms with van der Waals surface area (Å²) in [5.74, 6) is 4.24. The van der Waals surface area contributed by atoms with E-state index in [9.17, 15) is 22.8 Å². The van der Waals surface area contributed by atoms with Crippen molar-refractivity contribution in [1.82, 2.24) is 5.32 Å². The third-order valence-corrected chi connectivity index (χ3v) is 3.31. The summed E-state index contributed by atoms with van der Waals surface area (Å²) in [4.78, 5) is 23.0. The summed E-state index contributed by atoms with van der Waals surface area (Å²) in [5, 5.41) is 2.50. The Morgan fingerprint density at radius 2 is 1.58 bits per heavy atom. The van der Waals surface area contributed by atoms with Crippen LogP contribution in [-0.2, 0) is 0 Å². The van der Waals surface area contributed by atoms with Gasteiger partial charge in [0.25, 0.3) is 5.91 Å². The summed E-state index contributed by atoms with van der Waals surface area (Å²) in [6, 6.07) is 10.1. The summed E-state index contributed by atoms with van der Waals surface area (Å²) in [5.41, 5.74) is 1.24. The molecule has 0 spiro atoms. The highest BCUT2D eigenvalue weighted by Crippen LogP contribution is 2.27. The topological polar surface area (TPSA) is 55.4 Å². The van der Waals surface area contributed by atoms with E-state index in [0.29, 0.717) is 16.7 Å². The van der Waals surface area contributed by atoms with Crippen molar-refractivity contribution >= 4 is 11.7 Å². The number of ketones is 1. The Morgan fingerprint density at radius 3 is 2.12 bits per heavy atom. The monoisotopic (exact) mass is 361 g/mol. The molecule has 1 amide bonds. The van der Waals surface area contributed by atoms with Crippen LogP contribution >= 0.6 is 0 Å². The number of rotatable bonds is 3. The maximum atomic E-state index is 12.4. The van der Waals surface area contributed by atoms with Crippen molar-refractivity contribution in [1.29, 1.82) is 0 Å². The number of benzene rings is 2. The molecule has 0 bridgehead atoms. The fourth-order valence-corrected chi connectivity index (χ4v) is 2.09. The number of carbonyl (C=O) groups is 2. The molecular formula is C19H14F3NO3. The highest BCUT2D eigenvalue weighted by molar-refractivity contribution is 5.97. The average Bonchev–Trinajstić information content (AvgIpc) is 2.59. The fourth-order valence-electron chi connectivity index (χ4n) is 2.09. The van der Waals surface area contributed by atoms with Crippen LogP contribution in [0, 0.1) is 11.8 Å². The molecule has 7 heteroatoms. The molecular weight excluding hydrogens is 347 g/mol. The second-order valence-electron chi connectivity index (χ2n) is 5.22. The zero-order valence-electron chi connectivity index (χ0n) is 13.9. The predicted octanol–water partition coefficient (Wildman–Crippen LogP) is 3.55. The Kier molecular flexibility index (Phi) is 5.68. The van der Waals surface area contributed by atoms with Crippen LogP contribution in [0.15, 0.2) is 42.5 Å². The molecule has 2 aromatic carbocycles. The first-order valence-corrected chi connectivity index (χ1v) is 7.44. The molecule has 0 atom stereocenters. The van der Waals surface area contributed by atoms with Crippen molar-refractivity contribution in [3.05, 3.63) is 64.7 Å². The van der Waals surface area contributed by atoms with Crippen molar-refractivity contribution in [3.63, 3.8) is 0 Å². The Morgan fingerprint density at radius 1 is 1.00 bits per heavy atom. The third kappa shape index (κ3) is 5.11. The quantitative estimate of drug-likeness (QED) is 0.672. The van der Waals surface area contributed by atoms with E-state index in [1.807, 2.05) is 0 Å². The largest absolute Gasteiger partial charge is 0.573 e. The number of Topliss-reactive ketones (excluding diaryl/α,β-unsaturated/α-hetero) is 1. The molecule has 0 unspecified atom stereocenters. The van der Waals surface area contributed by atoms with Crippen LogP contribution in [0.5, 0.6) is 5.75 Å². The van der Waals surface area contributed by atoms with Gasteiger partial charge in [0, 0.05) is 23.7 Å². The third-order valence-electron chi connectivity index (χ3n) is 3.31. The van der Waals surface area contributed by atoms with Gasteiger partial charge in [0.2, 0.25) is 0 Å². The van der Waals surface area contributed by atoms with E-state index in [2.05, 4.69) is 21.9 Å². The molecule has 0 aliphatic carbocycles. The van der Waals surface area contributed by atoms with E-state index < -0.39 is 17.9 Å². The maximum absolute atomic E-state index is 12.4. The SMILES string of the molecule is CNC(=O)c1ccc(C#Cc2ccc(OC(F)(F)F)c(C(C)=O)c2)cc1. The number of carbonyl (C=O) groups excluding carboxylic acids is 2. The molecule has 0 saturated heterocycles. The summed E-state index contributed by atoms with van der Waals surface area (Å²) in [6.45, 7) is 1.15. The minimum atomic E-state index is -4.88. The van der Waals surface area contributed by atoms with Gasteiger partial charge in [-0.05, 0) is 49.4 Å². The van der Waals surface area contributed by atoms with Crippen LogP contribution in [0.4, 0.5) is 13.2 Å². The molecule has 0 fully saturated rings. The highest BCUT2D eigenvalue weighted by Gasteiger charge is 2.32. The lowest BCUT2D eigenvalue weighted by Crippen LogP contribution is -2.18. The van der Waals surface area contributed by atoms with Gasteiger partial charge in [0.05, 0.1) is 5.56 Å². The number of alkyl halides is 3. The summed E-state index contributed by atoms with van der Waals surface area (Å²) in [7, 11) is 1.52. The fraction of sp³-hybridized carbons (Fsp3) is 0.158. The van der Waals surface area contributed by atoms with Gasteiger partial charge in [-0.2, -0.15) is 0 Å². The molecule has 1 N–H and O–H groups in total. The van der Waals surface area contributed by atoms with Gasteiger partial charge in [-0.25, -0.2) is 0 Å². The first-order valence-electron chi connectivity index (χ1n) is 7.44. The van der Waals surface area contributed by atoms with E-state index in [1.54, 1.807) is 24.3 Å². The van der Waals surface area contributed by atoms with Gasteiger partial charge in [0.15, 0.2) is 5.78 Å². The van der Waals surface area contributed by atoms with Crippen molar-refractivity contribution < 1.29 is 27.5 Å². The van der Waals surface area contributed by atoms with E-state index in [1.165, 1.54) is 19.2 Å². The molecule has 0 heterocycles. The van der Waals surface area contributed by atoms with E-state index in [-0.39, 0.29) is 11.5 Å². The molecule has 2 aromatic rings. The Hall–Kier alpha value is -3.27. The standard InChI is InChI=1S/C19H14F3NO3/c1-12(24)16-11-14(7-10-17(16)26-19(20,21)22)4-3-13-5-8-15(9-6-13)18(25)23-2/h5-11H,1-2H3,(H,23,25). The molecule has 0 aromatic heterocycles. The molecule has 26 heavy (non-hydrogen) atoms. The van der Waals surface area contributed by atoms with Gasteiger partial charge >= 0.3 is 6.36 Å². The number of ether oxygens (including phenoxy) is 1. The van der Waals surface area contributed by atoms with Crippen molar-refractivity contribution in [2.45, 2.75) is 13.3 Å². The highest BCUT2D eigenvalue weighted by atomic mass is 19.4. The molecule has 2 rings (SSSR count). The Labute approximate surface area is 148 Å². The first-order chi connectivity index (χ1) is 12.2. The minimum absolute atomic E-state index is 0.205. The summed E-state index contributed by atoms with van der Waals surface area (Å²) in [6.07, 6.45) is -4.88. The average molecular weight is 361 g/mol. The van der Waals surface area contributed by atoms with Gasteiger partial charge in [-0.3, -0.25) is 9.59 Å². The van der Waals surface area contributed by atoms with Crippen LogP contribution in [0.1, 0.15) is 38.8 Å². The molecule has 134 valence electrons. The van der Waals surface area contributed by atoms with Crippen LogP contribution in [0.3, 0.4) is 0 Å². The molecule has 0 aliphatic rings. The predicted molar refractivity (Wildman–Crippen MR) is 88.9 cm³/mol. The molecule has 0 saturated carbocycles. The van der Waals surface area contributed by atoms with Crippen LogP contribution in [0.2, 0.25) is 0 Å². The number of hydrogen-bond donors (Lipinski definition) is 1. The zero-order valence-corrected chi connectivity index (χ0v) is 13.9. The van der Waals surface area contributed by atoms with E-state index in [4.69, 9.17) is 0 Å².